The second-order valence-electron chi connectivity index (χ2n) is 6.96. The molecule has 2 aromatic rings. The number of hydrogen-bond donors (Lipinski definition) is 3. The van der Waals surface area contributed by atoms with E-state index in [-0.39, 0.29) is 29.9 Å². The number of aromatic nitrogens is 2. The van der Waals surface area contributed by atoms with Crippen LogP contribution in [0.25, 0.3) is 10.9 Å². The van der Waals surface area contributed by atoms with Crippen LogP contribution in [0.3, 0.4) is 0 Å². The van der Waals surface area contributed by atoms with Gasteiger partial charge < -0.3 is 20.1 Å². The summed E-state index contributed by atoms with van der Waals surface area (Å²) in [4.78, 5) is 23.4. The number of ether oxygens (including phenoxy) is 1. The number of halogens is 2. The first-order chi connectivity index (χ1) is 13.4. The van der Waals surface area contributed by atoms with E-state index in [0.717, 1.165) is 12.8 Å². The van der Waals surface area contributed by atoms with Crippen LogP contribution in [0.4, 0.5) is 8.78 Å². The number of benzene rings is 1. The lowest BCUT2D eigenvalue weighted by Gasteiger charge is -2.36. The standard InChI is InChI=1S/C17H20F2N4O2.CH2O2/c1-23-10-2-3-11(23)7-9(6-10)20-16(24)15-13-8-12(25-17(18)19)4-5-14(13)21-22-15;2-1-3/h4-5,8-11,17H,2-3,6-7H2,1H3,(H,20,24)(H,21,22);1H,(H,2,3). The molecule has 2 fully saturated rings. The van der Waals surface area contributed by atoms with Gasteiger partial charge in [0, 0.05) is 23.5 Å². The van der Waals surface area contributed by atoms with Gasteiger partial charge in [0.2, 0.25) is 0 Å². The summed E-state index contributed by atoms with van der Waals surface area (Å²) >= 11 is 0. The average molecular weight is 396 g/mol. The summed E-state index contributed by atoms with van der Waals surface area (Å²) in [7, 11) is 2.14. The van der Waals surface area contributed by atoms with E-state index in [4.69, 9.17) is 9.90 Å². The summed E-state index contributed by atoms with van der Waals surface area (Å²) in [6, 6.07) is 5.57. The molecule has 8 nitrogen and oxygen atoms in total. The number of carboxylic acid groups (broad SMARTS) is 1. The Balaban J connectivity index is 0.000000706. The van der Waals surface area contributed by atoms with Crippen molar-refractivity contribution < 1.29 is 28.2 Å². The zero-order chi connectivity index (χ0) is 20.3. The molecule has 1 aromatic carbocycles. The van der Waals surface area contributed by atoms with E-state index >= 15 is 0 Å². The fourth-order valence-electron chi connectivity index (χ4n) is 4.13. The molecule has 0 spiro atoms. The number of nitrogens with one attached hydrogen (secondary N) is 2. The SMILES string of the molecule is CN1C2CCC1CC(NC(=O)c1n[nH]c3ccc(OC(F)F)cc13)C2.O=CO. The van der Waals surface area contributed by atoms with E-state index in [0.29, 0.717) is 23.0 Å². The van der Waals surface area contributed by atoms with Crippen LogP contribution in [-0.2, 0) is 4.79 Å². The quantitative estimate of drug-likeness (QED) is 0.684. The smallest absolute Gasteiger partial charge is 0.387 e. The first-order valence-electron chi connectivity index (χ1n) is 8.96. The van der Waals surface area contributed by atoms with Crippen molar-refractivity contribution in [2.75, 3.05) is 7.05 Å². The van der Waals surface area contributed by atoms with Crippen molar-refractivity contribution in [1.29, 1.82) is 0 Å². The van der Waals surface area contributed by atoms with Crippen LogP contribution < -0.4 is 10.1 Å². The molecule has 2 aliphatic heterocycles. The molecule has 28 heavy (non-hydrogen) atoms. The monoisotopic (exact) mass is 396 g/mol. The van der Waals surface area contributed by atoms with Gasteiger partial charge in [-0.15, -0.1) is 0 Å². The van der Waals surface area contributed by atoms with Crippen molar-refractivity contribution in [2.45, 2.75) is 50.4 Å². The summed E-state index contributed by atoms with van der Waals surface area (Å²) in [5.74, 6) is -0.273. The van der Waals surface area contributed by atoms with Gasteiger partial charge in [0.1, 0.15) is 5.75 Å². The van der Waals surface area contributed by atoms with Crippen molar-refractivity contribution in [1.82, 2.24) is 20.4 Å². The zero-order valence-electron chi connectivity index (χ0n) is 15.3. The molecule has 0 radical (unpaired) electrons. The number of carbonyl (C=O) groups excluding carboxylic acids is 1. The van der Waals surface area contributed by atoms with Crippen molar-refractivity contribution in [3.8, 4) is 5.75 Å². The van der Waals surface area contributed by atoms with Crippen LogP contribution in [-0.4, -0.2) is 64.4 Å². The van der Waals surface area contributed by atoms with Crippen LogP contribution in [0.15, 0.2) is 18.2 Å². The predicted molar refractivity (Wildman–Crippen MR) is 96.5 cm³/mol. The molecule has 0 aliphatic carbocycles. The number of hydrogen-bond acceptors (Lipinski definition) is 5. The first-order valence-corrected chi connectivity index (χ1v) is 8.96. The topological polar surface area (TPSA) is 108 Å². The number of piperidine rings is 1. The minimum absolute atomic E-state index is 0.00952. The molecule has 3 N–H and O–H groups in total. The van der Waals surface area contributed by atoms with E-state index in [1.54, 1.807) is 6.07 Å². The molecule has 3 heterocycles. The predicted octanol–water partition coefficient (Wildman–Crippen LogP) is 2.22. The zero-order valence-corrected chi connectivity index (χ0v) is 15.3. The maximum Gasteiger partial charge on any atom is 0.387 e. The van der Waals surface area contributed by atoms with Crippen LogP contribution in [0.1, 0.15) is 36.2 Å². The second kappa shape index (κ2) is 8.51. The normalized spacial score (nSPS) is 23.9. The number of fused-ring (bicyclic) bond motifs is 3. The Kier molecular flexibility index (Phi) is 6.08. The molecule has 2 atom stereocenters. The molecule has 2 bridgehead atoms. The van der Waals surface area contributed by atoms with E-state index < -0.39 is 6.61 Å². The lowest BCUT2D eigenvalue weighted by Crippen LogP contribution is -2.48. The number of rotatable bonds is 4. The Hall–Kier alpha value is -2.75. The van der Waals surface area contributed by atoms with Gasteiger partial charge in [0.25, 0.3) is 12.4 Å². The van der Waals surface area contributed by atoms with Gasteiger partial charge in [-0.3, -0.25) is 14.7 Å². The van der Waals surface area contributed by atoms with Gasteiger partial charge in [-0.25, -0.2) is 0 Å². The van der Waals surface area contributed by atoms with Crippen molar-refractivity contribution in [3.63, 3.8) is 0 Å². The maximum atomic E-state index is 12.6. The van der Waals surface area contributed by atoms with Crippen molar-refractivity contribution in [2.24, 2.45) is 0 Å². The molecule has 4 rings (SSSR count). The molecule has 152 valence electrons. The summed E-state index contributed by atoms with van der Waals surface area (Å²) in [5, 5.41) is 17.2. The third-order valence-electron chi connectivity index (χ3n) is 5.41. The average Bonchev–Trinajstić information content (AvgIpc) is 3.12. The van der Waals surface area contributed by atoms with Gasteiger partial charge in [-0.2, -0.15) is 13.9 Å². The molecule has 2 aliphatic rings. The molecule has 2 unspecified atom stereocenters. The number of aromatic amines is 1. The highest BCUT2D eigenvalue weighted by molar-refractivity contribution is 6.05. The molecule has 2 saturated heterocycles. The fourth-order valence-corrected chi connectivity index (χ4v) is 4.13. The van der Waals surface area contributed by atoms with E-state index in [1.807, 2.05) is 0 Å². The molecule has 1 aromatic heterocycles. The van der Waals surface area contributed by atoms with Gasteiger partial charge >= 0.3 is 6.61 Å². The highest BCUT2D eigenvalue weighted by Gasteiger charge is 2.39. The first kappa shape index (κ1) is 20.0. The highest BCUT2D eigenvalue weighted by atomic mass is 19.3. The molecule has 0 saturated carbocycles. The minimum Gasteiger partial charge on any atom is -0.483 e. The maximum absolute atomic E-state index is 12.6. The number of carbonyl (C=O) groups is 2. The Morgan fingerprint density at radius 2 is 2.04 bits per heavy atom. The lowest BCUT2D eigenvalue weighted by atomic mass is 9.98. The van der Waals surface area contributed by atoms with Gasteiger partial charge in [-0.05, 0) is 50.9 Å². The van der Waals surface area contributed by atoms with Crippen LogP contribution in [0.2, 0.25) is 0 Å². The van der Waals surface area contributed by atoms with Crippen LogP contribution >= 0.6 is 0 Å². The van der Waals surface area contributed by atoms with Gasteiger partial charge in [0.15, 0.2) is 5.69 Å². The fraction of sp³-hybridized carbons (Fsp3) is 0.500. The molecule has 10 heteroatoms. The van der Waals surface area contributed by atoms with Crippen molar-refractivity contribution >= 4 is 23.3 Å². The summed E-state index contributed by atoms with van der Waals surface area (Å²) in [6.45, 7) is -3.16. The Morgan fingerprint density at radius 1 is 1.39 bits per heavy atom. The largest absolute Gasteiger partial charge is 0.483 e. The Morgan fingerprint density at radius 3 is 2.64 bits per heavy atom. The van der Waals surface area contributed by atoms with Crippen molar-refractivity contribution in [3.05, 3.63) is 23.9 Å². The number of H-pyrrole nitrogens is 1. The summed E-state index contributed by atoms with van der Waals surface area (Å²) in [6.07, 6.45) is 4.21. The van der Waals surface area contributed by atoms with Crippen LogP contribution in [0, 0.1) is 0 Å². The van der Waals surface area contributed by atoms with Crippen LogP contribution in [0.5, 0.6) is 5.75 Å². The number of alkyl halides is 2. The summed E-state index contributed by atoms with van der Waals surface area (Å²) < 4.78 is 29.2. The van der Waals surface area contributed by atoms with Gasteiger partial charge in [-0.1, -0.05) is 0 Å². The van der Waals surface area contributed by atoms with E-state index in [2.05, 4.69) is 32.2 Å². The van der Waals surface area contributed by atoms with E-state index in [9.17, 15) is 13.6 Å². The highest BCUT2D eigenvalue weighted by Crippen LogP contribution is 2.34. The van der Waals surface area contributed by atoms with E-state index in [1.165, 1.54) is 25.0 Å². The molecular formula is C18H22F2N4O4. The third-order valence-corrected chi connectivity index (χ3v) is 5.41. The number of amides is 1. The molecule has 1 amide bonds. The molecular weight excluding hydrogens is 374 g/mol. The third kappa shape index (κ3) is 4.22. The Bertz CT molecular complexity index is 830. The van der Waals surface area contributed by atoms with Gasteiger partial charge in [0.05, 0.1) is 5.52 Å². The Labute approximate surface area is 159 Å². The second-order valence-corrected chi connectivity index (χ2v) is 6.96. The lowest BCUT2D eigenvalue weighted by molar-refractivity contribution is -0.122. The summed E-state index contributed by atoms with van der Waals surface area (Å²) in [5.41, 5.74) is 0.816. The minimum atomic E-state index is -2.91. The number of nitrogens with zero attached hydrogens (tertiary/aromatic N) is 2.